The summed E-state index contributed by atoms with van der Waals surface area (Å²) in [4.78, 5) is 12.7. The standard InChI is InChI=1S/C18H29N7O10S/c26-1-5-9(28)11(30)13(32)16(34-5)24-22-7-3-36-18-8(21-7)15(19-4-20-18)23-25-17-14(33)12(31)10(29)6(2-27)35-17/h4-6,9-14,16-17,24-33H,1-3H2,(H,21,22)(H,19,20,23)/t5-,6-,9-,10-,11+,12+,13-,14-,16-,17-/m1/s1. The lowest BCUT2D eigenvalue weighted by Gasteiger charge is -2.40. The van der Waals surface area contributed by atoms with Gasteiger partial charge in [0.1, 0.15) is 71.7 Å². The molecule has 0 amide bonds. The molecule has 1 aromatic heterocycles. The molecule has 1 aromatic rings. The van der Waals surface area contributed by atoms with Crippen LogP contribution in [0, 0.1) is 0 Å². The maximum atomic E-state index is 10.2. The van der Waals surface area contributed by atoms with E-state index in [0.717, 1.165) is 0 Å². The first kappa shape index (κ1) is 27.3. The molecule has 10 atom stereocenters. The molecule has 18 heteroatoms. The molecular formula is C18H29N7O10S. The predicted octanol–water partition coefficient (Wildman–Crippen LogP) is -5.78. The van der Waals surface area contributed by atoms with Gasteiger partial charge in [0, 0.05) is 0 Å². The molecule has 0 aromatic carbocycles. The van der Waals surface area contributed by atoms with Gasteiger partial charge in [-0.2, -0.15) is 0 Å². The predicted molar refractivity (Wildman–Crippen MR) is 120 cm³/mol. The number of hydrogen-bond acceptors (Lipinski definition) is 18. The lowest BCUT2D eigenvalue weighted by Crippen LogP contribution is -2.65. The molecule has 4 rings (SSSR count). The Morgan fingerprint density at radius 1 is 0.778 bits per heavy atom. The number of fused-ring (bicyclic) bond motifs is 1. The van der Waals surface area contributed by atoms with E-state index in [1.54, 1.807) is 0 Å². The number of anilines is 1. The maximum absolute atomic E-state index is 10.2. The second-order valence-electron chi connectivity index (χ2n) is 8.26. The molecule has 0 bridgehead atoms. The quantitative estimate of drug-likeness (QED) is 0.114. The number of aliphatic hydroxyl groups excluding tert-OH is 8. The van der Waals surface area contributed by atoms with E-state index in [0.29, 0.717) is 22.3 Å². The number of aliphatic hydroxyl groups is 8. The minimum absolute atomic E-state index is 0.177. The molecule has 0 spiro atoms. The highest BCUT2D eigenvalue weighted by molar-refractivity contribution is 8.00. The molecule has 2 saturated heterocycles. The van der Waals surface area contributed by atoms with E-state index in [1.807, 2.05) is 0 Å². The van der Waals surface area contributed by atoms with Crippen LogP contribution in [0.1, 0.15) is 0 Å². The topological polar surface area (TPSA) is 267 Å². The van der Waals surface area contributed by atoms with Crippen molar-refractivity contribution in [2.45, 2.75) is 66.3 Å². The summed E-state index contributed by atoms with van der Waals surface area (Å²) in [6, 6.07) is 0. The van der Waals surface area contributed by atoms with Crippen LogP contribution < -0.4 is 21.7 Å². The third-order valence-electron chi connectivity index (χ3n) is 5.86. The Labute approximate surface area is 208 Å². The Bertz CT molecular complexity index is 930. The number of aromatic nitrogens is 2. The summed E-state index contributed by atoms with van der Waals surface area (Å²) < 4.78 is 10.8. The summed E-state index contributed by atoms with van der Waals surface area (Å²) in [7, 11) is 0. The average molecular weight is 536 g/mol. The van der Waals surface area contributed by atoms with Crippen molar-refractivity contribution in [3.8, 4) is 0 Å². The second kappa shape index (κ2) is 11.7. The van der Waals surface area contributed by atoms with Crippen LogP contribution in [0.2, 0.25) is 0 Å². The molecule has 36 heavy (non-hydrogen) atoms. The van der Waals surface area contributed by atoms with Gasteiger partial charge in [-0.1, -0.05) is 11.8 Å². The van der Waals surface area contributed by atoms with Crippen LogP contribution >= 0.6 is 11.8 Å². The third-order valence-corrected chi connectivity index (χ3v) is 6.85. The highest BCUT2D eigenvalue weighted by Gasteiger charge is 2.44. The van der Waals surface area contributed by atoms with Crippen molar-refractivity contribution >= 4 is 29.1 Å². The van der Waals surface area contributed by atoms with E-state index >= 15 is 0 Å². The van der Waals surface area contributed by atoms with Crippen molar-refractivity contribution in [1.29, 1.82) is 0 Å². The molecule has 202 valence electrons. The number of thioether (sulfide) groups is 1. The van der Waals surface area contributed by atoms with Gasteiger partial charge in [-0.25, -0.2) is 25.8 Å². The fraction of sp³-hybridized carbons (Fsp3) is 0.722. The van der Waals surface area contributed by atoms with Crippen LogP contribution in [-0.4, -0.2) is 137 Å². The normalized spacial score (nSPS) is 38.7. The summed E-state index contributed by atoms with van der Waals surface area (Å²) in [5, 5.41) is 79.2. The molecule has 3 aliphatic heterocycles. The zero-order chi connectivity index (χ0) is 26.0. The van der Waals surface area contributed by atoms with Gasteiger partial charge in [0.2, 0.25) is 0 Å². The van der Waals surface area contributed by atoms with Gasteiger partial charge < -0.3 is 61.2 Å². The minimum Gasteiger partial charge on any atom is -0.394 e. The Kier molecular flexibility index (Phi) is 8.88. The van der Waals surface area contributed by atoms with Crippen molar-refractivity contribution in [1.82, 2.24) is 26.2 Å². The average Bonchev–Trinajstić information content (AvgIpc) is 2.89. The van der Waals surface area contributed by atoms with Crippen LogP contribution in [-0.2, 0) is 9.47 Å². The number of nitrogens with zero attached hydrogens (tertiary/aromatic N) is 3. The SMILES string of the molecule is OC[C@H]1O[C@@H](NNC2=Nc3c(NN[C@@H]4O[C@H](CO)[C@@H](O)[C@H](O)[C@H]4O)ncnc3SC2)[C@H](O)[C@@H](O)[C@@H]1O. The van der Waals surface area contributed by atoms with Crippen LogP contribution in [0.5, 0.6) is 0 Å². The molecule has 0 aliphatic carbocycles. The van der Waals surface area contributed by atoms with Crippen LogP contribution in [0.4, 0.5) is 11.5 Å². The maximum Gasteiger partial charge on any atom is 0.170 e. The smallest absolute Gasteiger partial charge is 0.170 e. The fourth-order valence-electron chi connectivity index (χ4n) is 3.76. The molecule has 0 radical (unpaired) electrons. The summed E-state index contributed by atoms with van der Waals surface area (Å²) in [5.41, 5.74) is 11.1. The fourth-order valence-corrected chi connectivity index (χ4v) is 4.57. The molecule has 4 heterocycles. The van der Waals surface area contributed by atoms with E-state index in [2.05, 4.69) is 36.7 Å². The van der Waals surface area contributed by atoms with Gasteiger partial charge in [-0.15, -0.1) is 0 Å². The van der Waals surface area contributed by atoms with E-state index in [1.165, 1.54) is 18.1 Å². The Morgan fingerprint density at radius 3 is 1.89 bits per heavy atom. The first-order chi connectivity index (χ1) is 17.2. The van der Waals surface area contributed by atoms with Crippen LogP contribution in [0.15, 0.2) is 16.3 Å². The second-order valence-corrected chi connectivity index (χ2v) is 9.22. The number of rotatable bonds is 7. The number of hydrazine groups is 2. The molecule has 0 saturated carbocycles. The zero-order valence-corrected chi connectivity index (χ0v) is 19.4. The van der Waals surface area contributed by atoms with Crippen molar-refractivity contribution in [2.75, 3.05) is 24.4 Å². The summed E-state index contributed by atoms with van der Waals surface area (Å²) in [6.07, 6.45) is -12.4. The Morgan fingerprint density at radius 2 is 1.33 bits per heavy atom. The number of hydrogen-bond donors (Lipinski definition) is 12. The molecule has 2 fully saturated rings. The van der Waals surface area contributed by atoms with Gasteiger partial charge >= 0.3 is 0 Å². The van der Waals surface area contributed by atoms with Gasteiger partial charge in [-0.3, -0.25) is 0 Å². The summed E-state index contributed by atoms with van der Waals surface area (Å²) in [5.74, 6) is 0.861. The molecule has 3 aliphatic rings. The first-order valence-corrected chi connectivity index (χ1v) is 11.9. The summed E-state index contributed by atoms with van der Waals surface area (Å²) >= 11 is 1.30. The first-order valence-electron chi connectivity index (χ1n) is 10.9. The van der Waals surface area contributed by atoms with Crippen molar-refractivity contribution < 1.29 is 50.3 Å². The number of nitrogens with one attached hydrogen (secondary N) is 4. The van der Waals surface area contributed by atoms with Gasteiger partial charge in [-0.05, 0) is 0 Å². The van der Waals surface area contributed by atoms with Crippen LogP contribution in [0.25, 0.3) is 0 Å². The van der Waals surface area contributed by atoms with Crippen molar-refractivity contribution in [2.24, 2.45) is 4.99 Å². The number of ether oxygens (including phenoxy) is 2. The van der Waals surface area contributed by atoms with Crippen molar-refractivity contribution in [3.63, 3.8) is 0 Å². The Hall–Kier alpha value is -1.78. The summed E-state index contributed by atoms with van der Waals surface area (Å²) in [6.45, 7) is -1.15. The highest BCUT2D eigenvalue weighted by Crippen LogP contribution is 2.36. The monoisotopic (exact) mass is 535 g/mol. The highest BCUT2D eigenvalue weighted by atomic mass is 32.2. The van der Waals surface area contributed by atoms with Gasteiger partial charge in [0.05, 0.1) is 19.0 Å². The van der Waals surface area contributed by atoms with Crippen molar-refractivity contribution in [3.05, 3.63) is 6.33 Å². The number of amidine groups is 1. The lowest BCUT2D eigenvalue weighted by molar-refractivity contribution is -0.238. The van der Waals surface area contributed by atoms with Gasteiger partial charge in [0.25, 0.3) is 0 Å². The molecule has 0 unspecified atom stereocenters. The molecule has 17 nitrogen and oxygen atoms in total. The van der Waals surface area contributed by atoms with E-state index in [4.69, 9.17) is 9.47 Å². The van der Waals surface area contributed by atoms with E-state index in [9.17, 15) is 40.9 Å². The van der Waals surface area contributed by atoms with Crippen LogP contribution in [0.3, 0.4) is 0 Å². The largest absolute Gasteiger partial charge is 0.394 e. The van der Waals surface area contributed by atoms with Gasteiger partial charge in [0.15, 0.2) is 18.3 Å². The minimum atomic E-state index is -1.56. The zero-order valence-electron chi connectivity index (χ0n) is 18.6. The molecule has 12 N–H and O–H groups in total. The third kappa shape index (κ3) is 5.55. The molecular weight excluding hydrogens is 506 g/mol. The number of aliphatic imine (C=N–C) groups is 1. The lowest BCUT2D eigenvalue weighted by atomic mass is 9.99. The van der Waals surface area contributed by atoms with E-state index < -0.39 is 74.5 Å². The van der Waals surface area contributed by atoms with E-state index in [-0.39, 0.29) is 5.82 Å². The Balaban J connectivity index is 1.42.